The van der Waals surface area contributed by atoms with Crippen LogP contribution in [-0.4, -0.2) is 56.5 Å². The lowest BCUT2D eigenvalue weighted by molar-refractivity contribution is -0.119. The molecule has 2 N–H and O–H groups in total. The first-order chi connectivity index (χ1) is 9.17. The van der Waals surface area contributed by atoms with E-state index in [0.717, 1.165) is 0 Å². The topological polar surface area (TPSA) is 92.5 Å². The SMILES string of the molecule is CCNC(=O)CN(C)c1nnc(CNCCOC)o1. The number of carbonyl (C=O) groups is 1. The normalized spacial score (nSPS) is 10.5. The summed E-state index contributed by atoms with van der Waals surface area (Å²) in [4.78, 5) is 13.0. The van der Waals surface area contributed by atoms with Gasteiger partial charge in [-0.15, -0.1) is 5.10 Å². The molecule has 0 aromatic carbocycles. The summed E-state index contributed by atoms with van der Waals surface area (Å²) in [6.07, 6.45) is 0. The zero-order valence-corrected chi connectivity index (χ0v) is 11.6. The van der Waals surface area contributed by atoms with Gasteiger partial charge >= 0.3 is 6.01 Å². The molecule has 1 aromatic rings. The first kappa shape index (κ1) is 15.4. The van der Waals surface area contributed by atoms with Gasteiger partial charge in [0.2, 0.25) is 11.8 Å². The van der Waals surface area contributed by atoms with Gasteiger partial charge in [0.1, 0.15) is 6.54 Å². The molecule has 0 spiro atoms. The highest BCUT2D eigenvalue weighted by Crippen LogP contribution is 2.09. The standard InChI is InChI=1S/C11H21N5O3/c1-4-13-9(17)8-16(2)11-15-14-10(19-11)7-12-5-6-18-3/h12H,4-8H2,1-3H3,(H,13,17). The van der Waals surface area contributed by atoms with E-state index in [0.29, 0.717) is 38.1 Å². The van der Waals surface area contributed by atoms with Crippen LogP contribution in [0.1, 0.15) is 12.8 Å². The summed E-state index contributed by atoms with van der Waals surface area (Å²) < 4.78 is 10.3. The Kier molecular flexibility index (Phi) is 6.83. The molecule has 0 bridgehead atoms. The Hall–Kier alpha value is -1.67. The number of ether oxygens (including phenoxy) is 1. The molecular weight excluding hydrogens is 250 g/mol. The second-order valence-electron chi connectivity index (χ2n) is 3.96. The van der Waals surface area contributed by atoms with E-state index in [2.05, 4.69) is 20.8 Å². The molecule has 0 aliphatic rings. The molecule has 0 aliphatic carbocycles. The minimum absolute atomic E-state index is 0.0806. The molecule has 1 aromatic heterocycles. The van der Waals surface area contributed by atoms with Crippen LogP contribution in [0, 0.1) is 0 Å². The van der Waals surface area contributed by atoms with Crippen molar-refractivity contribution in [3.63, 3.8) is 0 Å². The molecule has 0 atom stereocenters. The van der Waals surface area contributed by atoms with Crippen LogP contribution in [-0.2, 0) is 16.1 Å². The molecule has 0 saturated heterocycles. The second-order valence-corrected chi connectivity index (χ2v) is 3.96. The number of nitrogens with one attached hydrogen (secondary N) is 2. The van der Waals surface area contributed by atoms with Gasteiger partial charge in [-0.2, -0.15) is 0 Å². The quantitative estimate of drug-likeness (QED) is 0.578. The number of carbonyl (C=O) groups excluding carboxylic acids is 1. The Bertz CT molecular complexity index is 382. The summed E-state index contributed by atoms with van der Waals surface area (Å²) in [6, 6.07) is 0.329. The van der Waals surface area contributed by atoms with Crippen LogP contribution in [0.2, 0.25) is 0 Å². The lowest BCUT2D eigenvalue weighted by atomic mass is 10.5. The van der Waals surface area contributed by atoms with E-state index in [4.69, 9.17) is 9.15 Å². The summed E-state index contributed by atoms with van der Waals surface area (Å²) in [5.41, 5.74) is 0. The summed E-state index contributed by atoms with van der Waals surface area (Å²) in [5, 5.41) is 13.6. The number of amides is 1. The maximum Gasteiger partial charge on any atom is 0.318 e. The van der Waals surface area contributed by atoms with Crippen molar-refractivity contribution in [2.45, 2.75) is 13.5 Å². The van der Waals surface area contributed by atoms with Crippen molar-refractivity contribution >= 4 is 11.9 Å². The third kappa shape index (κ3) is 5.66. The fourth-order valence-corrected chi connectivity index (χ4v) is 1.38. The van der Waals surface area contributed by atoms with Crippen LogP contribution in [0.5, 0.6) is 0 Å². The Balaban J connectivity index is 2.38. The van der Waals surface area contributed by atoms with Crippen LogP contribution in [0.25, 0.3) is 0 Å². The van der Waals surface area contributed by atoms with Gasteiger partial charge in [0.05, 0.1) is 13.2 Å². The third-order valence-electron chi connectivity index (χ3n) is 2.30. The first-order valence-electron chi connectivity index (χ1n) is 6.17. The summed E-state index contributed by atoms with van der Waals surface area (Å²) in [6.45, 7) is 4.47. The average Bonchev–Trinajstić information content (AvgIpc) is 2.84. The van der Waals surface area contributed by atoms with Gasteiger partial charge in [-0.3, -0.25) is 4.79 Å². The summed E-state index contributed by atoms with van der Waals surface area (Å²) in [5.74, 6) is 0.400. The van der Waals surface area contributed by atoms with Gasteiger partial charge in [0.25, 0.3) is 0 Å². The molecule has 0 aliphatic heterocycles. The van der Waals surface area contributed by atoms with Crippen molar-refractivity contribution in [3.05, 3.63) is 5.89 Å². The highest BCUT2D eigenvalue weighted by Gasteiger charge is 2.13. The van der Waals surface area contributed by atoms with Gasteiger partial charge < -0.3 is 24.7 Å². The molecule has 1 heterocycles. The van der Waals surface area contributed by atoms with Crippen LogP contribution in [0.3, 0.4) is 0 Å². The van der Waals surface area contributed by atoms with E-state index >= 15 is 0 Å². The van der Waals surface area contributed by atoms with Gasteiger partial charge in [0.15, 0.2) is 0 Å². The fraction of sp³-hybridized carbons (Fsp3) is 0.727. The predicted molar refractivity (Wildman–Crippen MR) is 69.8 cm³/mol. The van der Waals surface area contributed by atoms with Crippen LogP contribution in [0.15, 0.2) is 4.42 Å². The van der Waals surface area contributed by atoms with Gasteiger partial charge in [-0.05, 0) is 6.92 Å². The van der Waals surface area contributed by atoms with Crippen molar-refractivity contribution in [2.24, 2.45) is 0 Å². The minimum atomic E-state index is -0.0806. The van der Waals surface area contributed by atoms with Crippen molar-refractivity contribution in [1.29, 1.82) is 0 Å². The highest BCUT2D eigenvalue weighted by atomic mass is 16.5. The monoisotopic (exact) mass is 271 g/mol. The van der Waals surface area contributed by atoms with E-state index in [9.17, 15) is 4.79 Å². The Morgan fingerprint density at radius 3 is 2.95 bits per heavy atom. The summed E-state index contributed by atoms with van der Waals surface area (Å²) in [7, 11) is 3.37. The molecule has 19 heavy (non-hydrogen) atoms. The smallest absolute Gasteiger partial charge is 0.318 e. The molecular formula is C11H21N5O3. The van der Waals surface area contributed by atoms with E-state index in [-0.39, 0.29) is 12.5 Å². The molecule has 0 fully saturated rings. The molecule has 8 heteroatoms. The third-order valence-corrected chi connectivity index (χ3v) is 2.30. The molecule has 0 radical (unpaired) electrons. The average molecular weight is 271 g/mol. The number of likely N-dealkylation sites (N-methyl/N-ethyl adjacent to an activating group) is 2. The van der Waals surface area contributed by atoms with Crippen molar-refractivity contribution in [2.75, 3.05) is 45.3 Å². The Morgan fingerprint density at radius 2 is 2.26 bits per heavy atom. The maximum atomic E-state index is 11.4. The first-order valence-corrected chi connectivity index (χ1v) is 6.17. The van der Waals surface area contributed by atoms with Crippen LogP contribution < -0.4 is 15.5 Å². The van der Waals surface area contributed by atoms with Crippen molar-refractivity contribution in [3.8, 4) is 0 Å². The molecule has 8 nitrogen and oxygen atoms in total. The fourth-order valence-electron chi connectivity index (χ4n) is 1.38. The number of rotatable bonds is 9. The largest absolute Gasteiger partial charge is 0.407 e. The lowest BCUT2D eigenvalue weighted by Crippen LogP contribution is -2.35. The van der Waals surface area contributed by atoms with Gasteiger partial charge in [0, 0.05) is 27.2 Å². The minimum Gasteiger partial charge on any atom is -0.407 e. The molecule has 0 unspecified atom stereocenters. The number of hydrogen-bond donors (Lipinski definition) is 2. The van der Waals surface area contributed by atoms with E-state index in [1.54, 1.807) is 19.1 Å². The highest BCUT2D eigenvalue weighted by molar-refractivity contribution is 5.80. The van der Waals surface area contributed by atoms with E-state index < -0.39 is 0 Å². The molecule has 1 rings (SSSR count). The van der Waals surface area contributed by atoms with Gasteiger partial charge in [-0.1, -0.05) is 5.10 Å². The van der Waals surface area contributed by atoms with Crippen molar-refractivity contribution in [1.82, 2.24) is 20.8 Å². The lowest BCUT2D eigenvalue weighted by Gasteiger charge is -2.12. The number of hydrogen-bond acceptors (Lipinski definition) is 7. The van der Waals surface area contributed by atoms with E-state index in [1.807, 2.05) is 6.92 Å². The van der Waals surface area contributed by atoms with Gasteiger partial charge in [-0.25, -0.2) is 0 Å². The predicted octanol–water partition coefficient (Wildman–Crippen LogP) is -0.622. The Labute approximate surface area is 112 Å². The number of aromatic nitrogens is 2. The summed E-state index contributed by atoms with van der Waals surface area (Å²) >= 11 is 0. The molecule has 1 amide bonds. The second kappa shape index (κ2) is 8.44. The molecule has 108 valence electrons. The van der Waals surface area contributed by atoms with Crippen molar-refractivity contribution < 1.29 is 13.9 Å². The number of methoxy groups -OCH3 is 1. The van der Waals surface area contributed by atoms with E-state index in [1.165, 1.54) is 0 Å². The number of nitrogens with zero attached hydrogens (tertiary/aromatic N) is 3. The molecule has 0 saturated carbocycles. The van der Waals surface area contributed by atoms with Crippen LogP contribution in [0.4, 0.5) is 6.01 Å². The maximum absolute atomic E-state index is 11.4. The Morgan fingerprint density at radius 1 is 1.47 bits per heavy atom. The zero-order valence-electron chi connectivity index (χ0n) is 11.6. The van der Waals surface area contributed by atoms with Crippen LogP contribution >= 0.6 is 0 Å². The zero-order chi connectivity index (χ0) is 14.1. The number of anilines is 1.